The number of hydrogen-bond acceptors (Lipinski definition) is 2. The Bertz CT molecular complexity index is 475. The van der Waals surface area contributed by atoms with Crippen molar-refractivity contribution in [3.8, 4) is 0 Å². The molecule has 0 saturated carbocycles. The molecule has 1 aromatic rings. The first-order valence-corrected chi connectivity index (χ1v) is 5.78. The normalized spacial score (nSPS) is 16.6. The van der Waals surface area contributed by atoms with Crippen LogP contribution in [0.1, 0.15) is 22.3 Å². The zero-order chi connectivity index (χ0) is 13.4. The zero-order valence-electron chi connectivity index (χ0n) is 10.4. The first kappa shape index (κ1) is 13.9. The smallest absolute Gasteiger partial charge is 0.224 e. The fraction of sp³-hybridized carbons (Fsp3) is 0.200. The minimum Gasteiger partial charge on any atom is -0.369 e. The molecule has 0 heterocycles. The van der Waals surface area contributed by atoms with E-state index in [1.165, 1.54) is 0 Å². The minimum absolute atomic E-state index is 0.0741. The van der Waals surface area contributed by atoms with Crippen LogP contribution in [0.25, 0.3) is 0 Å². The van der Waals surface area contributed by atoms with Crippen LogP contribution >= 0.6 is 0 Å². The minimum atomic E-state index is -0.240. The number of aldehydes is 1. The van der Waals surface area contributed by atoms with Crippen molar-refractivity contribution in [3.63, 3.8) is 0 Å². The summed E-state index contributed by atoms with van der Waals surface area (Å²) in [5.41, 5.74) is 6.85. The van der Waals surface area contributed by atoms with E-state index in [-0.39, 0.29) is 11.8 Å². The quantitative estimate of drug-likeness (QED) is 0.811. The third-order valence-electron chi connectivity index (χ3n) is 2.66. The van der Waals surface area contributed by atoms with E-state index in [1.54, 1.807) is 0 Å². The molecule has 1 unspecified atom stereocenters. The molecule has 3 nitrogen and oxygen atoms in total. The van der Waals surface area contributed by atoms with E-state index < -0.39 is 0 Å². The number of allylic oxidation sites excluding steroid dienone is 3. The average molecular weight is 243 g/mol. The summed E-state index contributed by atoms with van der Waals surface area (Å²) in [5.74, 6) is -0.314. The highest BCUT2D eigenvalue weighted by Crippen LogP contribution is 2.09. The summed E-state index contributed by atoms with van der Waals surface area (Å²) in [6.07, 6.45) is 9.15. The van der Waals surface area contributed by atoms with Crippen LogP contribution < -0.4 is 5.73 Å². The molecule has 3 heteroatoms. The summed E-state index contributed by atoms with van der Waals surface area (Å²) in [7, 11) is 0. The molecule has 1 aliphatic carbocycles. The Morgan fingerprint density at radius 1 is 1.33 bits per heavy atom. The molecule has 94 valence electrons. The van der Waals surface area contributed by atoms with E-state index in [0.717, 1.165) is 23.8 Å². The molecule has 0 fully saturated rings. The van der Waals surface area contributed by atoms with Gasteiger partial charge in [-0.05, 0) is 18.9 Å². The Kier molecular flexibility index (Phi) is 5.58. The Balaban J connectivity index is 0.000000180. The Morgan fingerprint density at radius 2 is 2.06 bits per heavy atom. The maximum Gasteiger partial charge on any atom is 0.224 e. The summed E-state index contributed by atoms with van der Waals surface area (Å²) < 4.78 is 0. The van der Waals surface area contributed by atoms with E-state index >= 15 is 0 Å². The number of benzene rings is 1. The summed E-state index contributed by atoms with van der Waals surface area (Å²) in [5, 5.41) is 0. The fourth-order valence-electron chi connectivity index (χ4n) is 1.51. The number of rotatable bonds is 2. The number of carbonyl (C=O) groups is 2. The van der Waals surface area contributed by atoms with Gasteiger partial charge in [0, 0.05) is 5.56 Å². The summed E-state index contributed by atoms with van der Waals surface area (Å²) >= 11 is 0. The molecule has 0 aromatic heterocycles. The topological polar surface area (TPSA) is 60.2 Å². The van der Waals surface area contributed by atoms with E-state index in [0.29, 0.717) is 0 Å². The molecule has 1 aromatic carbocycles. The van der Waals surface area contributed by atoms with Crippen LogP contribution in [-0.4, -0.2) is 12.2 Å². The molecule has 0 saturated heterocycles. The number of aryl methyl sites for hydroxylation is 1. The van der Waals surface area contributed by atoms with E-state index in [1.807, 2.05) is 55.5 Å². The molecule has 0 aliphatic heterocycles. The molecule has 0 spiro atoms. The Hall–Kier alpha value is -2.16. The molecule has 1 aliphatic rings. The third kappa shape index (κ3) is 4.37. The molecule has 18 heavy (non-hydrogen) atoms. The zero-order valence-corrected chi connectivity index (χ0v) is 10.4. The van der Waals surface area contributed by atoms with Crippen molar-refractivity contribution in [3.05, 3.63) is 59.7 Å². The molecule has 2 N–H and O–H groups in total. The lowest BCUT2D eigenvalue weighted by Gasteiger charge is -2.06. The second-order valence-electron chi connectivity index (χ2n) is 4.03. The molecule has 1 atom stereocenters. The van der Waals surface area contributed by atoms with Crippen LogP contribution in [0.3, 0.4) is 0 Å². The standard InChI is InChI=1S/C8H8O.C7H9NO/c1-7-4-2-3-5-8(7)6-9;8-7(9)6-4-2-1-3-5-6/h2-6H,1H3;1-4,6H,5H2,(H2,8,9). The van der Waals surface area contributed by atoms with E-state index in [2.05, 4.69) is 0 Å². The van der Waals surface area contributed by atoms with Crippen molar-refractivity contribution in [2.24, 2.45) is 11.7 Å². The van der Waals surface area contributed by atoms with Gasteiger partial charge in [-0.1, -0.05) is 48.6 Å². The molecule has 2 rings (SSSR count). The molecular weight excluding hydrogens is 226 g/mol. The SMILES string of the molecule is Cc1ccccc1C=O.NC(=O)C1C=CC=CC1. The van der Waals surface area contributed by atoms with Crippen molar-refractivity contribution in [2.75, 3.05) is 0 Å². The second-order valence-corrected chi connectivity index (χ2v) is 4.03. The lowest BCUT2D eigenvalue weighted by molar-refractivity contribution is -0.120. The van der Waals surface area contributed by atoms with Crippen LogP contribution in [0, 0.1) is 12.8 Å². The second kappa shape index (κ2) is 7.22. The van der Waals surface area contributed by atoms with Crippen molar-refractivity contribution in [2.45, 2.75) is 13.3 Å². The summed E-state index contributed by atoms with van der Waals surface area (Å²) in [4.78, 5) is 20.7. The van der Waals surface area contributed by atoms with Crippen molar-refractivity contribution in [1.82, 2.24) is 0 Å². The van der Waals surface area contributed by atoms with Crippen LogP contribution in [0.2, 0.25) is 0 Å². The van der Waals surface area contributed by atoms with Gasteiger partial charge in [-0.15, -0.1) is 0 Å². The van der Waals surface area contributed by atoms with Gasteiger partial charge in [-0.2, -0.15) is 0 Å². The van der Waals surface area contributed by atoms with Gasteiger partial charge in [0.2, 0.25) is 5.91 Å². The van der Waals surface area contributed by atoms with Gasteiger partial charge in [0.15, 0.2) is 0 Å². The maximum atomic E-state index is 10.5. The van der Waals surface area contributed by atoms with Gasteiger partial charge < -0.3 is 5.73 Å². The monoisotopic (exact) mass is 243 g/mol. The average Bonchev–Trinajstić information content (AvgIpc) is 2.41. The predicted octanol–water partition coefficient (Wildman–Crippen LogP) is 2.41. The van der Waals surface area contributed by atoms with Crippen LogP contribution in [-0.2, 0) is 4.79 Å². The predicted molar refractivity (Wildman–Crippen MR) is 72.1 cm³/mol. The summed E-state index contributed by atoms with van der Waals surface area (Å²) in [6, 6.07) is 7.51. The maximum absolute atomic E-state index is 10.5. The number of primary amides is 1. The lowest BCUT2D eigenvalue weighted by Crippen LogP contribution is -2.21. The van der Waals surface area contributed by atoms with Gasteiger partial charge >= 0.3 is 0 Å². The largest absolute Gasteiger partial charge is 0.369 e. The van der Waals surface area contributed by atoms with Gasteiger partial charge in [-0.3, -0.25) is 9.59 Å². The number of hydrogen-bond donors (Lipinski definition) is 1. The highest BCUT2D eigenvalue weighted by Gasteiger charge is 2.09. The first-order valence-electron chi connectivity index (χ1n) is 5.78. The summed E-state index contributed by atoms with van der Waals surface area (Å²) in [6.45, 7) is 1.92. The van der Waals surface area contributed by atoms with Crippen molar-refractivity contribution >= 4 is 12.2 Å². The fourth-order valence-corrected chi connectivity index (χ4v) is 1.51. The van der Waals surface area contributed by atoms with Gasteiger partial charge in [0.05, 0.1) is 5.92 Å². The third-order valence-corrected chi connectivity index (χ3v) is 2.66. The van der Waals surface area contributed by atoms with Crippen LogP contribution in [0.15, 0.2) is 48.6 Å². The lowest BCUT2D eigenvalue weighted by atomic mass is 10.0. The van der Waals surface area contributed by atoms with Gasteiger partial charge in [0.1, 0.15) is 6.29 Å². The van der Waals surface area contributed by atoms with Crippen LogP contribution in [0.5, 0.6) is 0 Å². The highest BCUT2D eigenvalue weighted by molar-refractivity contribution is 5.79. The molecular formula is C15H17NO2. The van der Waals surface area contributed by atoms with E-state index in [4.69, 9.17) is 5.73 Å². The number of nitrogens with two attached hydrogens (primary N) is 1. The van der Waals surface area contributed by atoms with Crippen LogP contribution in [0.4, 0.5) is 0 Å². The molecule has 0 bridgehead atoms. The molecule has 0 radical (unpaired) electrons. The number of carbonyl (C=O) groups excluding carboxylic acids is 2. The van der Waals surface area contributed by atoms with E-state index in [9.17, 15) is 9.59 Å². The van der Waals surface area contributed by atoms with Gasteiger partial charge in [-0.25, -0.2) is 0 Å². The Morgan fingerprint density at radius 3 is 2.44 bits per heavy atom. The molecule has 1 amide bonds. The van der Waals surface area contributed by atoms with Gasteiger partial charge in [0.25, 0.3) is 0 Å². The van der Waals surface area contributed by atoms with Crippen molar-refractivity contribution in [1.29, 1.82) is 0 Å². The van der Waals surface area contributed by atoms with Crippen molar-refractivity contribution < 1.29 is 9.59 Å². The first-order chi connectivity index (χ1) is 8.65. The highest BCUT2D eigenvalue weighted by atomic mass is 16.1. The Labute approximate surface area is 107 Å². The number of amides is 1.